The Labute approximate surface area is 167 Å². The molecule has 0 spiro atoms. The van der Waals surface area contributed by atoms with E-state index in [4.69, 9.17) is 4.42 Å². The second-order valence-electron chi connectivity index (χ2n) is 6.27. The number of hydrogen-bond donors (Lipinski definition) is 2. The molecule has 0 aliphatic carbocycles. The maximum atomic E-state index is 12.4. The highest BCUT2D eigenvalue weighted by molar-refractivity contribution is 7.98. The molecule has 1 aromatic carbocycles. The maximum Gasteiger partial charge on any atom is 0.313 e. The predicted molar refractivity (Wildman–Crippen MR) is 108 cm³/mol. The molecule has 0 aliphatic rings. The number of aromatic nitrogens is 2. The number of benzene rings is 1. The molecule has 0 fully saturated rings. The molecule has 3 rings (SSSR count). The topological polar surface area (TPSA) is 89.2 Å². The van der Waals surface area contributed by atoms with Crippen molar-refractivity contribution in [2.24, 2.45) is 0 Å². The van der Waals surface area contributed by atoms with Crippen molar-refractivity contribution in [3.63, 3.8) is 0 Å². The van der Waals surface area contributed by atoms with Gasteiger partial charge in [-0.3, -0.25) is 14.3 Å². The summed E-state index contributed by atoms with van der Waals surface area (Å²) in [5.41, 5.74) is 2.41. The van der Waals surface area contributed by atoms with Crippen LogP contribution < -0.4 is 10.6 Å². The first-order chi connectivity index (χ1) is 13.5. The van der Waals surface area contributed by atoms with Crippen LogP contribution >= 0.6 is 11.8 Å². The first-order valence-electron chi connectivity index (χ1n) is 8.78. The van der Waals surface area contributed by atoms with Gasteiger partial charge in [-0.05, 0) is 50.4 Å². The van der Waals surface area contributed by atoms with Gasteiger partial charge in [0, 0.05) is 17.1 Å². The molecule has 28 heavy (non-hydrogen) atoms. The van der Waals surface area contributed by atoms with Crippen molar-refractivity contribution < 1.29 is 14.0 Å². The normalized spacial score (nSPS) is 11.8. The van der Waals surface area contributed by atoms with E-state index in [1.54, 1.807) is 23.1 Å². The quantitative estimate of drug-likeness (QED) is 0.492. The highest BCUT2D eigenvalue weighted by Gasteiger charge is 2.23. The van der Waals surface area contributed by atoms with Crippen LogP contribution in [0.4, 0.5) is 5.69 Å². The Hall–Kier alpha value is -3.00. The van der Waals surface area contributed by atoms with Gasteiger partial charge in [-0.2, -0.15) is 5.10 Å². The van der Waals surface area contributed by atoms with Gasteiger partial charge < -0.3 is 15.1 Å². The molecule has 2 heterocycles. The van der Waals surface area contributed by atoms with Gasteiger partial charge >= 0.3 is 11.8 Å². The molecule has 0 unspecified atom stereocenters. The van der Waals surface area contributed by atoms with Gasteiger partial charge in [0.15, 0.2) is 0 Å². The number of para-hydroxylation sites is 1. The summed E-state index contributed by atoms with van der Waals surface area (Å²) in [5.74, 6) is -0.776. The number of thioether (sulfide) groups is 1. The van der Waals surface area contributed by atoms with Gasteiger partial charge in [-0.15, -0.1) is 11.8 Å². The van der Waals surface area contributed by atoms with E-state index < -0.39 is 11.8 Å². The van der Waals surface area contributed by atoms with Crippen LogP contribution in [-0.4, -0.2) is 34.4 Å². The number of anilines is 1. The molecule has 0 radical (unpaired) electrons. The Morgan fingerprint density at radius 2 is 1.96 bits per heavy atom. The van der Waals surface area contributed by atoms with E-state index >= 15 is 0 Å². The number of carbonyl (C=O) groups is 2. The van der Waals surface area contributed by atoms with E-state index in [-0.39, 0.29) is 12.6 Å². The third-order valence-electron chi connectivity index (χ3n) is 4.23. The minimum Gasteiger partial charge on any atom is -0.467 e. The Morgan fingerprint density at radius 1 is 1.18 bits per heavy atom. The molecule has 2 aromatic heterocycles. The molecule has 7 nitrogen and oxygen atoms in total. The summed E-state index contributed by atoms with van der Waals surface area (Å²) in [7, 11) is 0. The van der Waals surface area contributed by atoms with E-state index in [0.717, 1.165) is 16.3 Å². The van der Waals surface area contributed by atoms with Crippen LogP contribution in [0.15, 0.2) is 58.0 Å². The van der Waals surface area contributed by atoms with Crippen molar-refractivity contribution in [2.45, 2.75) is 24.8 Å². The van der Waals surface area contributed by atoms with Crippen LogP contribution in [0.25, 0.3) is 0 Å². The number of hydrogen-bond acceptors (Lipinski definition) is 5. The summed E-state index contributed by atoms with van der Waals surface area (Å²) in [6, 6.07) is 12.5. The van der Waals surface area contributed by atoms with E-state index in [2.05, 4.69) is 15.7 Å². The lowest BCUT2D eigenvalue weighted by Crippen LogP contribution is -2.39. The molecule has 3 aromatic rings. The third-order valence-corrected chi connectivity index (χ3v) is 5.02. The minimum absolute atomic E-state index is 0.173. The van der Waals surface area contributed by atoms with Crippen molar-refractivity contribution in [3.05, 3.63) is 65.9 Å². The number of nitrogens with one attached hydrogen (secondary N) is 2. The van der Waals surface area contributed by atoms with Crippen LogP contribution in [0.5, 0.6) is 0 Å². The second-order valence-corrected chi connectivity index (χ2v) is 7.12. The van der Waals surface area contributed by atoms with Crippen molar-refractivity contribution >= 4 is 29.3 Å². The number of rotatable bonds is 6. The number of nitrogens with zero attached hydrogens (tertiary/aromatic N) is 2. The Morgan fingerprint density at radius 3 is 2.61 bits per heavy atom. The number of amides is 2. The van der Waals surface area contributed by atoms with Crippen molar-refractivity contribution in [1.29, 1.82) is 0 Å². The van der Waals surface area contributed by atoms with Crippen LogP contribution in [0.2, 0.25) is 0 Å². The molecule has 0 bridgehead atoms. The zero-order valence-electron chi connectivity index (χ0n) is 15.9. The smallest absolute Gasteiger partial charge is 0.313 e. The molecular formula is C20H22N4O3S. The molecule has 2 amide bonds. The van der Waals surface area contributed by atoms with Gasteiger partial charge in [-0.1, -0.05) is 12.1 Å². The average Bonchev–Trinajstić information content (AvgIpc) is 3.32. The summed E-state index contributed by atoms with van der Waals surface area (Å²) in [4.78, 5) is 25.5. The SMILES string of the molecule is CSc1ccccc1NC(=O)C(=O)NC[C@@H](c1ccco1)n1nc(C)cc1C. The average molecular weight is 398 g/mol. The van der Waals surface area contributed by atoms with Crippen LogP contribution in [0.3, 0.4) is 0 Å². The van der Waals surface area contributed by atoms with Crippen molar-refractivity contribution in [3.8, 4) is 0 Å². The van der Waals surface area contributed by atoms with Gasteiger partial charge in [0.05, 0.1) is 17.6 Å². The first kappa shape index (κ1) is 19.8. The predicted octanol–water partition coefficient (Wildman–Crippen LogP) is 3.16. The van der Waals surface area contributed by atoms with Crippen LogP contribution in [-0.2, 0) is 9.59 Å². The standard InChI is InChI=1S/C20H22N4O3S/c1-13-11-14(2)24(23-13)16(17-8-6-10-27-17)12-21-19(25)20(26)22-15-7-4-5-9-18(15)28-3/h4-11,16H,12H2,1-3H3,(H,21,25)(H,22,26)/t16-/m0/s1. The second kappa shape index (κ2) is 8.79. The minimum atomic E-state index is -0.715. The number of aryl methyl sites for hydroxylation is 2. The highest BCUT2D eigenvalue weighted by atomic mass is 32.2. The van der Waals surface area contributed by atoms with Crippen LogP contribution in [0.1, 0.15) is 23.2 Å². The monoisotopic (exact) mass is 398 g/mol. The molecule has 2 N–H and O–H groups in total. The summed E-state index contributed by atoms with van der Waals surface area (Å²) in [5, 5.41) is 9.82. The maximum absolute atomic E-state index is 12.4. The largest absolute Gasteiger partial charge is 0.467 e. The fourth-order valence-corrected chi connectivity index (χ4v) is 3.50. The zero-order chi connectivity index (χ0) is 20.1. The summed E-state index contributed by atoms with van der Waals surface area (Å²) >= 11 is 1.50. The fraction of sp³-hybridized carbons (Fsp3) is 0.250. The molecule has 0 saturated heterocycles. The summed E-state index contributed by atoms with van der Waals surface area (Å²) in [6.45, 7) is 4.01. The summed E-state index contributed by atoms with van der Waals surface area (Å²) in [6.07, 6.45) is 3.48. The lowest BCUT2D eigenvalue weighted by molar-refractivity contribution is -0.136. The molecule has 8 heteroatoms. The van der Waals surface area contributed by atoms with E-state index in [1.807, 2.05) is 50.4 Å². The molecule has 0 saturated carbocycles. The molecular weight excluding hydrogens is 376 g/mol. The third kappa shape index (κ3) is 4.45. The lowest BCUT2D eigenvalue weighted by atomic mass is 10.2. The van der Waals surface area contributed by atoms with Gasteiger partial charge in [0.1, 0.15) is 11.8 Å². The first-order valence-corrected chi connectivity index (χ1v) is 10.0. The Bertz CT molecular complexity index is 966. The fourth-order valence-electron chi connectivity index (χ4n) is 2.95. The zero-order valence-corrected chi connectivity index (χ0v) is 16.7. The van der Waals surface area contributed by atoms with E-state index in [0.29, 0.717) is 11.4 Å². The molecule has 146 valence electrons. The summed E-state index contributed by atoms with van der Waals surface area (Å²) < 4.78 is 7.30. The number of carbonyl (C=O) groups excluding carboxylic acids is 2. The number of furan rings is 1. The Kier molecular flexibility index (Phi) is 6.20. The Balaban J connectivity index is 1.70. The van der Waals surface area contributed by atoms with E-state index in [9.17, 15) is 9.59 Å². The highest BCUT2D eigenvalue weighted by Crippen LogP contribution is 2.24. The van der Waals surface area contributed by atoms with Gasteiger partial charge in [0.2, 0.25) is 0 Å². The lowest BCUT2D eigenvalue weighted by Gasteiger charge is -2.18. The molecule has 1 atom stereocenters. The molecule has 0 aliphatic heterocycles. The van der Waals surface area contributed by atoms with E-state index in [1.165, 1.54) is 11.8 Å². The van der Waals surface area contributed by atoms with Crippen molar-refractivity contribution in [2.75, 3.05) is 18.1 Å². The van der Waals surface area contributed by atoms with Crippen LogP contribution in [0, 0.1) is 13.8 Å². The van der Waals surface area contributed by atoms with Crippen molar-refractivity contribution in [1.82, 2.24) is 15.1 Å². The van der Waals surface area contributed by atoms with Gasteiger partial charge in [-0.25, -0.2) is 0 Å². The van der Waals surface area contributed by atoms with Gasteiger partial charge in [0.25, 0.3) is 0 Å².